The van der Waals surface area contributed by atoms with Crippen LogP contribution < -0.4 is 0 Å². The van der Waals surface area contributed by atoms with Gasteiger partial charge >= 0.3 is 5.97 Å². The molecule has 2 aromatic rings. The largest absolute Gasteiger partial charge is 0.478 e. The maximum absolute atomic E-state index is 11.1. The molecule has 0 spiro atoms. The van der Waals surface area contributed by atoms with Gasteiger partial charge in [0.05, 0.1) is 5.56 Å². The SMILES string of the molecule is Cc1cc(C(O)c2ccc3c(c2)C(C)(C)CCS3)ccc1C(=O)O. The molecule has 0 aliphatic carbocycles. The molecule has 0 amide bonds. The number of carbonyl (C=O) groups is 1. The van der Waals surface area contributed by atoms with E-state index in [9.17, 15) is 9.90 Å². The summed E-state index contributed by atoms with van der Waals surface area (Å²) in [5, 5.41) is 19.9. The van der Waals surface area contributed by atoms with E-state index in [1.165, 1.54) is 10.5 Å². The van der Waals surface area contributed by atoms with E-state index in [-0.39, 0.29) is 11.0 Å². The average Bonchev–Trinajstić information content (AvgIpc) is 2.53. The maximum Gasteiger partial charge on any atom is 0.335 e. The highest BCUT2D eigenvalue weighted by atomic mass is 32.2. The summed E-state index contributed by atoms with van der Waals surface area (Å²) >= 11 is 1.87. The van der Waals surface area contributed by atoms with Crippen LogP contribution in [0.4, 0.5) is 0 Å². The van der Waals surface area contributed by atoms with Crippen molar-refractivity contribution in [1.82, 2.24) is 0 Å². The smallest absolute Gasteiger partial charge is 0.335 e. The molecule has 4 heteroatoms. The van der Waals surface area contributed by atoms with E-state index in [1.807, 2.05) is 17.8 Å². The van der Waals surface area contributed by atoms with Crippen LogP contribution >= 0.6 is 11.8 Å². The number of carboxylic acid groups (broad SMARTS) is 1. The molecule has 3 rings (SSSR count). The second-order valence-corrected chi connectivity index (χ2v) is 8.16. The Hall–Kier alpha value is -1.78. The topological polar surface area (TPSA) is 57.5 Å². The first-order valence-electron chi connectivity index (χ1n) is 8.09. The van der Waals surface area contributed by atoms with Crippen molar-refractivity contribution in [1.29, 1.82) is 0 Å². The highest BCUT2D eigenvalue weighted by Gasteiger charge is 2.28. The van der Waals surface area contributed by atoms with Crippen molar-refractivity contribution in [3.05, 3.63) is 64.2 Å². The third-order valence-corrected chi connectivity index (χ3v) is 5.90. The number of carboxylic acids is 1. The van der Waals surface area contributed by atoms with Crippen LogP contribution in [0.3, 0.4) is 0 Å². The van der Waals surface area contributed by atoms with Gasteiger partial charge in [0.25, 0.3) is 0 Å². The fourth-order valence-corrected chi connectivity index (χ4v) is 4.70. The molecule has 0 saturated carbocycles. The Balaban J connectivity index is 1.98. The number of benzene rings is 2. The van der Waals surface area contributed by atoms with Gasteiger partial charge in [-0.05, 0) is 58.9 Å². The Kier molecular flexibility index (Phi) is 4.45. The van der Waals surface area contributed by atoms with Gasteiger partial charge in [0.2, 0.25) is 0 Å². The molecular formula is C20H22O3S. The molecule has 0 bridgehead atoms. The van der Waals surface area contributed by atoms with Gasteiger partial charge in [-0.2, -0.15) is 0 Å². The summed E-state index contributed by atoms with van der Waals surface area (Å²) in [5.41, 5.74) is 3.90. The molecule has 24 heavy (non-hydrogen) atoms. The molecule has 3 nitrogen and oxygen atoms in total. The predicted octanol–water partition coefficient (Wildman–Crippen LogP) is 4.55. The summed E-state index contributed by atoms with van der Waals surface area (Å²) in [7, 11) is 0. The summed E-state index contributed by atoms with van der Waals surface area (Å²) < 4.78 is 0. The second kappa shape index (κ2) is 6.26. The van der Waals surface area contributed by atoms with Crippen molar-refractivity contribution in [3.8, 4) is 0 Å². The minimum absolute atomic E-state index is 0.111. The quantitative estimate of drug-likeness (QED) is 0.859. The Labute approximate surface area is 146 Å². The summed E-state index contributed by atoms with van der Waals surface area (Å²) in [6.45, 7) is 6.24. The molecule has 0 saturated heterocycles. The van der Waals surface area contributed by atoms with Gasteiger partial charge in [0.15, 0.2) is 0 Å². The van der Waals surface area contributed by atoms with Crippen LogP contribution in [0.25, 0.3) is 0 Å². The van der Waals surface area contributed by atoms with Gasteiger partial charge < -0.3 is 10.2 Å². The lowest BCUT2D eigenvalue weighted by Crippen LogP contribution is -2.23. The van der Waals surface area contributed by atoms with Gasteiger partial charge in [-0.3, -0.25) is 0 Å². The van der Waals surface area contributed by atoms with Crippen molar-refractivity contribution >= 4 is 17.7 Å². The van der Waals surface area contributed by atoms with E-state index in [2.05, 4.69) is 26.0 Å². The second-order valence-electron chi connectivity index (χ2n) is 7.02. The number of thioether (sulfide) groups is 1. The lowest BCUT2D eigenvalue weighted by Gasteiger charge is -2.32. The lowest BCUT2D eigenvalue weighted by molar-refractivity contribution is 0.0696. The van der Waals surface area contributed by atoms with Crippen molar-refractivity contribution in [2.45, 2.75) is 43.6 Å². The van der Waals surface area contributed by atoms with Gasteiger partial charge in [-0.25, -0.2) is 4.79 Å². The molecule has 2 N–H and O–H groups in total. The zero-order valence-corrected chi connectivity index (χ0v) is 15.0. The third-order valence-electron chi connectivity index (χ3n) is 4.83. The van der Waals surface area contributed by atoms with Crippen molar-refractivity contribution in [3.63, 3.8) is 0 Å². The summed E-state index contributed by atoms with van der Waals surface area (Å²) in [4.78, 5) is 12.4. The van der Waals surface area contributed by atoms with Gasteiger partial charge in [0, 0.05) is 4.90 Å². The summed E-state index contributed by atoms with van der Waals surface area (Å²) in [5.74, 6) is 0.179. The van der Waals surface area contributed by atoms with Crippen molar-refractivity contribution in [2.75, 3.05) is 5.75 Å². The van der Waals surface area contributed by atoms with E-state index in [4.69, 9.17) is 5.11 Å². The van der Waals surface area contributed by atoms with E-state index in [0.29, 0.717) is 5.56 Å². The molecule has 1 aliphatic rings. The minimum atomic E-state index is -0.943. The molecule has 1 heterocycles. The molecule has 0 fully saturated rings. The maximum atomic E-state index is 11.1. The Bertz CT molecular complexity index is 795. The highest BCUT2D eigenvalue weighted by Crippen LogP contribution is 2.42. The van der Waals surface area contributed by atoms with E-state index < -0.39 is 12.1 Å². The molecule has 0 radical (unpaired) electrons. The van der Waals surface area contributed by atoms with E-state index in [1.54, 1.807) is 25.1 Å². The third kappa shape index (κ3) is 3.08. The predicted molar refractivity (Wildman–Crippen MR) is 97.0 cm³/mol. The molecule has 0 aromatic heterocycles. The molecule has 1 unspecified atom stereocenters. The van der Waals surface area contributed by atoms with Crippen LogP contribution in [0.5, 0.6) is 0 Å². The molecule has 126 valence electrons. The molecule has 2 aromatic carbocycles. The van der Waals surface area contributed by atoms with Gasteiger partial charge in [0.1, 0.15) is 6.10 Å². The van der Waals surface area contributed by atoms with E-state index >= 15 is 0 Å². The minimum Gasteiger partial charge on any atom is -0.478 e. The number of aliphatic hydroxyl groups is 1. The molecule has 1 atom stereocenters. The van der Waals surface area contributed by atoms with Crippen molar-refractivity contribution in [2.24, 2.45) is 0 Å². The average molecular weight is 342 g/mol. The Morgan fingerprint density at radius 1 is 1.17 bits per heavy atom. The highest BCUT2D eigenvalue weighted by molar-refractivity contribution is 7.99. The summed E-state index contributed by atoms with van der Waals surface area (Å²) in [6, 6.07) is 11.2. The Morgan fingerprint density at radius 2 is 1.83 bits per heavy atom. The molecular weight excluding hydrogens is 320 g/mol. The fourth-order valence-electron chi connectivity index (χ4n) is 3.21. The van der Waals surface area contributed by atoms with Gasteiger partial charge in [-0.15, -0.1) is 11.8 Å². The normalized spacial score (nSPS) is 17.2. The standard InChI is InChI=1S/C20H22O3S/c1-12-10-13(4-6-15(12)19(22)23)18(21)14-5-7-17-16(11-14)20(2,3)8-9-24-17/h4-7,10-11,18,21H,8-9H2,1-3H3,(H,22,23). The van der Waals surface area contributed by atoms with Crippen LogP contribution in [-0.2, 0) is 5.41 Å². The summed E-state index contributed by atoms with van der Waals surface area (Å²) in [6.07, 6.45) is 0.371. The number of aromatic carboxylic acids is 1. The number of hydrogen-bond donors (Lipinski definition) is 2. The number of aliphatic hydroxyl groups excluding tert-OH is 1. The van der Waals surface area contributed by atoms with Crippen LogP contribution in [0.2, 0.25) is 0 Å². The van der Waals surface area contributed by atoms with Crippen molar-refractivity contribution < 1.29 is 15.0 Å². The first-order chi connectivity index (χ1) is 11.3. The zero-order chi connectivity index (χ0) is 17.5. The van der Waals surface area contributed by atoms with Crippen LogP contribution in [0, 0.1) is 6.92 Å². The van der Waals surface area contributed by atoms with E-state index in [0.717, 1.165) is 23.3 Å². The fraction of sp³-hybridized carbons (Fsp3) is 0.350. The lowest BCUT2D eigenvalue weighted by atomic mass is 9.80. The zero-order valence-electron chi connectivity index (χ0n) is 14.2. The van der Waals surface area contributed by atoms with Gasteiger partial charge in [-0.1, -0.05) is 38.1 Å². The number of aryl methyl sites for hydroxylation is 1. The first-order valence-corrected chi connectivity index (χ1v) is 9.07. The first kappa shape index (κ1) is 17.1. The monoisotopic (exact) mass is 342 g/mol. The van der Waals surface area contributed by atoms with Crippen LogP contribution in [-0.4, -0.2) is 21.9 Å². The number of rotatable bonds is 3. The number of fused-ring (bicyclic) bond motifs is 1. The Morgan fingerprint density at radius 3 is 2.50 bits per heavy atom. The number of hydrogen-bond acceptors (Lipinski definition) is 3. The van der Waals surface area contributed by atoms with Crippen LogP contribution in [0.1, 0.15) is 59.0 Å². The molecule has 1 aliphatic heterocycles. The van der Waals surface area contributed by atoms with Crippen LogP contribution in [0.15, 0.2) is 41.3 Å².